The van der Waals surface area contributed by atoms with Crippen molar-refractivity contribution in [1.82, 2.24) is 0 Å². The van der Waals surface area contributed by atoms with Crippen molar-refractivity contribution in [3.63, 3.8) is 0 Å². The van der Waals surface area contributed by atoms with Crippen LogP contribution in [0.2, 0.25) is 0 Å². The maximum Gasteiger partial charge on any atom is 0.0713 e. The third kappa shape index (κ3) is 5.57. The Morgan fingerprint density at radius 2 is 0.800 bits per heavy atom. The van der Waals surface area contributed by atoms with Crippen LogP contribution in [0.5, 0.6) is 0 Å². The molecule has 1 heterocycles. The molecule has 0 spiro atoms. The molecule has 0 amide bonds. The molecule has 0 aliphatic heterocycles. The van der Waals surface area contributed by atoms with E-state index >= 15 is 0 Å². The van der Waals surface area contributed by atoms with Crippen LogP contribution in [-0.2, 0) is 10.8 Å². The molecule has 10 aromatic carbocycles. The van der Waals surface area contributed by atoms with E-state index < -0.39 is 5.41 Å². The third-order valence-electron chi connectivity index (χ3n) is 14.5. The van der Waals surface area contributed by atoms with Gasteiger partial charge in [-0.05, 0) is 134 Å². The molecule has 0 saturated carbocycles. The van der Waals surface area contributed by atoms with Crippen molar-refractivity contribution in [2.75, 3.05) is 4.90 Å². The molecule has 1 aromatic heterocycles. The third-order valence-corrected chi connectivity index (χ3v) is 15.6. The van der Waals surface area contributed by atoms with Crippen LogP contribution in [0.25, 0.3) is 53.6 Å². The number of fused-ring (bicyclic) bond motifs is 9. The minimum absolute atomic E-state index is 0.321. The van der Waals surface area contributed by atoms with E-state index in [0.717, 1.165) is 17.1 Å². The lowest BCUT2D eigenvalue weighted by Crippen LogP contribution is -2.28. The molecule has 0 saturated heterocycles. The van der Waals surface area contributed by atoms with Crippen LogP contribution < -0.4 is 4.90 Å². The van der Waals surface area contributed by atoms with E-state index in [4.69, 9.17) is 0 Å². The Labute approximate surface area is 384 Å². The molecule has 2 aliphatic rings. The largest absolute Gasteiger partial charge is 0.310 e. The standard InChI is InChI=1S/C63H43NS/c1-62(44-16-4-2-5-17-44)56-24-12-8-20-50(56)53-38-37-49(41-59(53)62)64(47-33-28-42(29-34-47)43-30-39-61-55(40-43)54-23-11-15-27-60(54)65-61)48-35-31-46(32-36-48)63(45-18-6-3-7-19-45)57-25-13-9-21-51(57)52-22-10-14-26-58(52)63/h2-41H,1H3. The smallest absolute Gasteiger partial charge is 0.0713 e. The van der Waals surface area contributed by atoms with Crippen molar-refractivity contribution < 1.29 is 0 Å². The van der Waals surface area contributed by atoms with E-state index in [9.17, 15) is 0 Å². The molecule has 1 nitrogen and oxygen atoms in total. The fourth-order valence-electron chi connectivity index (χ4n) is 11.4. The predicted molar refractivity (Wildman–Crippen MR) is 274 cm³/mol. The van der Waals surface area contributed by atoms with Crippen molar-refractivity contribution in [2.24, 2.45) is 0 Å². The van der Waals surface area contributed by atoms with Gasteiger partial charge in [-0.2, -0.15) is 0 Å². The highest BCUT2D eigenvalue weighted by atomic mass is 32.1. The van der Waals surface area contributed by atoms with Gasteiger partial charge in [0, 0.05) is 42.6 Å². The van der Waals surface area contributed by atoms with Crippen LogP contribution in [0.3, 0.4) is 0 Å². The summed E-state index contributed by atoms with van der Waals surface area (Å²) in [5.74, 6) is 0. The van der Waals surface area contributed by atoms with E-state index in [0.29, 0.717) is 0 Å². The van der Waals surface area contributed by atoms with Gasteiger partial charge in [0.15, 0.2) is 0 Å². The van der Waals surface area contributed by atoms with Gasteiger partial charge in [0.1, 0.15) is 0 Å². The van der Waals surface area contributed by atoms with Crippen LogP contribution in [0.15, 0.2) is 243 Å². The van der Waals surface area contributed by atoms with E-state index in [-0.39, 0.29) is 5.41 Å². The average molecular weight is 846 g/mol. The molecule has 306 valence electrons. The number of hydrogen-bond acceptors (Lipinski definition) is 2. The normalized spacial score (nSPS) is 15.3. The fraction of sp³-hybridized carbons (Fsp3) is 0.0476. The van der Waals surface area contributed by atoms with E-state index in [1.807, 2.05) is 11.3 Å². The zero-order chi connectivity index (χ0) is 43.1. The summed E-state index contributed by atoms with van der Waals surface area (Å²) < 4.78 is 2.65. The summed E-state index contributed by atoms with van der Waals surface area (Å²) >= 11 is 1.86. The lowest BCUT2D eigenvalue weighted by Gasteiger charge is -2.34. The Morgan fingerprint density at radius 3 is 1.48 bits per heavy atom. The second kappa shape index (κ2) is 14.6. The molecule has 0 radical (unpaired) electrons. The first-order valence-electron chi connectivity index (χ1n) is 22.6. The van der Waals surface area contributed by atoms with E-state index in [2.05, 4.69) is 254 Å². The molecule has 2 aliphatic carbocycles. The minimum atomic E-state index is -0.467. The topological polar surface area (TPSA) is 3.24 Å². The zero-order valence-electron chi connectivity index (χ0n) is 35.9. The molecule has 65 heavy (non-hydrogen) atoms. The molecule has 0 fully saturated rings. The minimum Gasteiger partial charge on any atom is -0.310 e. The molecule has 0 bridgehead atoms. The number of benzene rings is 10. The van der Waals surface area contributed by atoms with Gasteiger partial charge in [0.05, 0.1) is 5.41 Å². The summed E-state index contributed by atoms with van der Waals surface area (Å²) in [7, 11) is 0. The SMILES string of the molecule is CC1(c2ccccc2)c2ccccc2-c2ccc(N(c3ccc(-c4ccc5sc6ccccc6c5c4)cc3)c3ccc(C4(c5ccccc5)c5ccccc5-c5ccccc54)cc3)cc21. The van der Waals surface area contributed by atoms with Crippen molar-refractivity contribution >= 4 is 48.6 Å². The molecule has 13 rings (SSSR count). The van der Waals surface area contributed by atoms with Gasteiger partial charge >= 0.3 is 0 Å². The highest BCUT2D eigenvalue weighted by Gasteiger charge is 2.46. The monoisotopic (exact) mass is 845 g/mol. The first-order valence-corrected chi connectivity index (χ1v) is 23.4. The molecule has 2 heteroatoms. The van der Waals surface area contributed by atoms with Gasteiger partial charge in [-0.3, -0.25) is 0 Å². The summed E-state index contributed by atoms with van der Waals surface area (Å²) in [5.41, 5.74) is 19.3. The Morgan fingerprint density at radius 1 is 0.323 bits per heavy atom. The second-order valence-corrected chi connectivity index (χ2v) is 18.8. The van der Waals surface area contributed by atoms with Crippen molar-refractivity contribution in [3.8, 4) is 33.4 Å². The van der Waals surface area contributed by atoms with Crippen LogP contribution in [0.4, 0.5) is 17.1 Å². The van der Waals surface area contributed by atoms with Crippen LogP contribution in [0.1, 0.15) is 45.9 Å². The van der Waals surface area contributed by atoms with E-state index in [1.165, 1.54) is 92.5 Å². The molecular formula is C63H43NS. The molecule has 1 atom stereocenters. The van der Waals surface area contributed by atoms with Gasteiger partial charge in [0.25, 0.3) is 0 Å². The van der Waals surface area contributed by atoms with Gasteiger partial charge in [-0.1, -0.05) is 188 Å². The predicted octanol–water partition coefficient (Wildman–Crippen LogP) is 16.9. The van der Waals surface area contributed by atoms with Crippen molar-refractivity contribution in [3.05, 3.63) is 282 Å². The first kappa shape index (κ1) is 37.7. The maximum atomic E-state index is 2.45. The first-order chi connectivity index (χ1) is 32.1. The zero-order valence-corrected chi connectivity index (χ0v) is 36.8. The van der Waals surface area contributed by atoms with E-state index in [1.54, 1.807) is 0 Å². The van der Waals surface area contributed by atoms with Gasteiger partial charge in [0.2, 0.25) is 0 Å². The quantitative estimate of drug-likeness (QED) is 0.154. The summed E-state index contributed by atoms with van der Waals surface area (Å²) in [6.07, 6.45) is 0. The van der Waals surface area contributed by atoms with Crippen molar-refractivity contribution in [2.45, 2.75) is 17.8 Å². The van der Waals surface area contributed by atoms with Gasteiger partial charge < -0.3 is 4.90 Å². The number of anilines is 3. The van der Waals surface area contributed by atoms with Crippen molar-refractivity contribution in [1.29, 1.82) is 0 Å². The Hall–Kier alpha value is -7.78. The molecular weight excluding hydrogens is 803 g/mol. The Balaban J connectivity index is 0.982. The highest BCUT2D eigenvalue weighted by molar-refractivity contribution is 7.25. The Bertz CT molecular complexity index is 3560. The summed E-state index contributed by atoms with van der Waals surface area (Å²) in [5, 5.41) is 2.63. The van der Waals surface area contributed by atoms with Gasteiger partial charge in [-0.15, -0.1) is 11.3 Å². The van der Waals surface area contributed by atoms with Crippen LogP contribution in [-0.4, -0.2) is 0 Å². The fourth-order valence-corrected chi connectivity index (χ4v) is 12.5. The summed E-state index contributed by atoms with van der Waals surface area (Å²) in [4.78, 5) is 2.45. The molecule has 11 aromatic rings. The second-order valence-electron chi connectivity index (χ2n) is 17.7. The number of rotatable bonds is 7. The summed E-state index contributed by atoms with van der Waals surface area (Å²) in [6, 6.07) is 90.4. The van der Waals surface area contributed by atoms with Gasteiger partial charge in [-0.25, -0.2) is 0 Å². The number of hydrogen-bond donors (Lipinski definition) is 0. The number of thiophene rings is 1. The number of nitrogens with zero attached hydrogens (tertiary/aromatic N) is 1. The lowest BCUT2D eigenvalue weighted by atomic mass is 9.68. The molecule has 1 unspecified atom stereocenters. The lowest BCUT2D eigenvalue weighted by molar-refractivity contribution is 0.714. The molecule has 0 N–H and O–H groups in total. The highest BCUT2D eigenvalue weighted by Crippen LogP contribution is 2.57. The summed E-state index contributed by atoms with van der Waals surface area (Å²) in [6.45, 7) is 2.40. The maximum absolute atomic E-state index is 2.45. The average Bonchev–Trinajstić information content (AvgIpc) is 3.99. The van der Waals surface area contributed by atoms with Crippen LogP contribution in [0, 0.1) is 0 Å². The Kier molecular flexibility index (Phi) is 8.50. The van der Waals surface area contributed by atoms with Crippen LogP contribution >= 0.6 is 11.3 Å².